The molecule has 0 saturated carbocycles. The van der Waals surface area contributed by atoms with Crippen LogP contribution in [0, 0.1) is 12.8 Å². The van der Waals surface area contributed by atoms with E-state index >= 15 is 0 Å². The van der Waals surface area contributed by atoms with Crippen LogP contribution in [0.1, 0.15) is 31.4 Å². The molecule has 0 aliphatic rings. The van der Waals surface area contributed by atoms with Crippen LogP contribution in [0.3, 0.4) is 0 Å². The molecule has 0 spiro atoms. The van der Waals surface area contributed by atoms with Crippen LogP contribution in [0.25, 0.3) is 0 Å². The molecule has 0 aromatic heterocycles. The van der Waals surface area contributed by atoms with Crippen LogP contribution in [0.15, 0.2) is 18.2 Å². The van der Waals surface area contributed by atoms with Gasteiger partial charge in [0, 0.05) is 0 Å². The molecule has 0 radical (unpaired) electrons. The van der Waals surface area contributed by atoms with E-state index in [1.54, 1.807) is 0 Å². The van der Waals surface area contributed by atoms with Crippen LogP contribution in [-0.2, 0) is 6.42 Å². The zero-order chi connectivity index (χ0) is 12.0. The maximum absolute atomic E-state index is 5.56. The average Bonchev–Trinajstić information content (AvgIpc) is 2.23. The molecule has 0 saturated heterocycles. The smallest absolute Gasteiger partial charge is 0.119 e. The fraction of sp³-hybridized carbons (Fsp3) is 0.571. The Hall–Kier alpha value is -1.02. The lowest BCUT2D eigenvalue weighted by atomic mass is 9.95. The Balaban J connectivity index is 2.67. The predicted molar refractivity (Wildman–Crippen MR) is 68.9 cm³/mol. The number of rotatable bonds is 6. The molecule has 0 aliphatic heterocycles. The number of ether oxygens (including phenoxy) is 1. The summed E-state index contributed by atoms with van der Waals surface area (Å²) in [4.78, 5) is 0. The molecule has 2 heteroatoms. The van der Waals surface area contributed by atoms with Gasteiger partial charge in [0.15, 0.2) is 0 Å². The number of hydrogen-bond donors (Lipinski definition) is 1. The first kappa shape index (κ1) is 13.0. The van der Waals surface area contributed by atoms with Gasteiger partial charge in [0.1, 0.15) is 5.75 Å². The van der Waals surface area contributed by atoms with Crippen molar-refractivity contribution in [2.24, 2.45) is 11.7 Å². The monoisotopic (exact) mass is 221 g/mol. The normalized spacial score (nSPS) is 12.5. The summed E-state index contributed by atoms with van der Waals surface area (Å²) in [5.41, 5.74) is 8.29. The molecule has 0 bridgehead atoms. The Morgan fingerprint density at radius 1 is 1.38 bits per heavy atom. The Morgan fingerprint density at radius 2 is 2.12 bits per heavy atom. The maximum atomic E-state index is 5.56. The molecule has 0 heterocycles. The SMILES string of the molecule is CCOc1ccc(CC(C)CCN)c(C)c1. The minimum absolute atomic E-state index is 0.654. The Labute approximate surface area is 98.8 Å². The Kier molecular flexibility index (Phi) is 5.33. The molecular weight excluding hydrogens is 198 g/mol. The van der Waals surface area contributed by atoms with Crippen LogP contribution in [0.4, 0.5) is 0 Å². The molecule has 1 unspecified atom stereocenters. The van der Waals surface area contributed by atoms with Gasteiger partial charge >= 0.3 is 0 Å². The lowest BCUT2D eigenvalue weighted by Crippen LogP contribution is -2.08. The molecule has 1 aromatic rings. The van der Waals surface area contributed by atoms with E-state index in [9.17, 15) is 0 Å². The van der Waals surface area contributed by atoms with E-state index in [2.05, 4.69) is 32.0 Å². The standard InChI is InChI=1S/C14H23NO/c1-4-16-14-6-5-13(12(3)10-14)9-11(2)7-8-15/h5-6,10-11H,4,7-9,15H2,1-3H3. The first-order chi connectivity index (χ1) is 7.67. The molecule has 2 N–H and O–H groups in total. The summed E-state index contributed by atoms with van der Waals surface area (Å²) in [7, 11) is 0. The van der Waals surface area contributed by atoms with Gasteiger partial charge < -0.3 is 10.5 Å². The number of benzene rings is 1. The highest BCUT2D eigenvalue weighted by Gasteiger charge is 2.06. The van der Waals surface area contributed by atoms with Gasteiger partial charge in [-0.2, -0.15) is 0 Å². The highest BCUT2D eigenvalue weighted by molar-refractivity contribution is 5.35. The van der Waals surface area contributed by atoms with Crippen LogP contribution in [0.5, 0.6) is 5.75 Å². The molecule has 0 amide bonds. The highest BCUT2D eigenvalue weighted by atomic mass is 16.5. The van der Waals surface area contributed by atoms with E-state index in [0.29, 0.717) is 5.92 Å². The largest absolute Gasteiger partial charge is 0.494 e. The molecule has 0 fully saturated rings. The summed E-state index contributed by atoms with van der Waals surface area (Å²) in [6.45, 7) is 7.90. The van der Waals surface area contributed by atoms with E-state index < -0.39 is 0 Å². The molecule has 1 atom stereocenters. The van der Waals surface area contributed by atoms with Crippen molar-refractivity contribution in [1.82, 2.24) is 0 Å². The van der Waals surface area contributed by atoms with Crippen molar-refractivity contribution in [3.05, 3.63) is 29.3 Å². The molecular formula is C14H23NO. The van der Waals surface area contributed by atoms with Gasteiger partial charge in [0.05, 0.1) is 6.61 Å². The van der Waals surface area contributed by atoms with Crippen molar-refractivity contribution in [1.29, 1.82) is 0 Å². The molecule has 0 aliphatic carbocycles. The topological polar surface area (TPSA) is 35.2 Å². The summed E-state index contributed by atoms with van der Waals surface area (Å²) in [6, 6.07) is 6.35. The van der Waals surface area contributed by atoms with Gasteiger partial charge in [0.25, 0.3) is 0 Å². The van der Waals surface area contributed by atoms with Gasteiger partial charge in [0.2, 0.25) is 0 Å². The predicted octanol–water partition coefficient (Wildman–Crippen LogP) is 2.92. The van der Waals surface area contributed by atoms with Crippen LogP contribution in [-0.4, -0.2) is 13.2 Å². The minimum Gasteiger partial charge on any atom is -0.494 e. The minimum atomic E-state index is 0.654. The third kappa shape index (κ3) is 3.86. The number of hydrogen-bond acceptors (Lipinski definition) is 2. The van der Waals surface area contributed by atoms with Gasteiger partial charge in [-0.05, 0) is 62.4 Å². The van der Waals surface area contributed by atoms with Crippen molar-refractivity contribution in [3.8, 4) is 5.75 Å². The first-order valence-electron chi connectivity index (χ1n) is 6.09. The van der Waals surface area contributed by atoms with Crippen molar-refractivity contribution < 1.29 is 4.74 Å². The number of nitrogens with two attached hydrogens (primary N) is 1. The van der Waals surface area contributed by atoms with Crippen LogP contribution < -0.4 is 10.5 Å². The second-order valence-corrected chi connectivity index (χ2v) is 4.41. The van der Waals surface area contributed by atoms with E-state index in [1.165, 1.54) is 11.1 Å². The zero-order valence-electron chi connectivity index (χ0n) is 10.6. The molecule has 90 valence electrons. The third-order valence-electron chi connectivity index (χ3n) is 2.85. The highest BCUT2D eigenvalue weighted by Crippen LogP contribution is 2.20. The van der Waals surface area contributed by atoms with Crippen LogP contribution >= 0.6 is 0 Å². The van der Waals surface area contributed by atoms with E-state index in [1.807, 2.05) is 6.92 Å². The van der Waals surface area contributed by atoms with E-state index in [0.717, 1.165) is 31.7 Å². The van der Waals surface area contributed by atoms with E-state index in [-0.39, 0.29) is 0 Å². The number of aryl methyl sites for hydroxylation is 1. The van der Waals surface area contributed by atoms with Gasteiger partial charge in [-0.15, -0.1) is 0 Å². The second-order valence-electron chi connectivity index (χ2n) is 4.41. The molecule has 16 heavy (non-hydrogen) atoms. The fourth-order valence-corrected chi connectivity index (χ4v) is 1.92. The maximum Gasteiger partial charge on any atom is 0.119 e. The fourth-order valence-electron chi connectivity index (χ4n) is 1.92. The summed E-state index contributed by atoms with van der Waals surface area (Å²) >= 11 is 0. The van der Waals surface area contributed by atoms with Gasteiger partial charge in [-0.1, -0.05) is 13.0 Å². The Morgan fingerprint density at radius 3 is 2.69 bits per heavy atom. The van der Waals surface area contributed by atoms with Gasteiger partial charge in [-0.25, -0.2) is 0 Å². The average molecular weight is 221 g/mol. The molecule has 2 nitrogen and oxygen atoms in total. The third-order valence-corrected chi connectivity index (χ3v) is 2.85. The zero-order valence-corrected chi connectivity index (χ0v) is 10.6. The van der Waals surface area contributed by atoms with Crippen molar-refractivity contribution in [2.75, 3.05) is 13.2 Å². The van der Waals surface area contributed by atoms with Gasteiger partial charge in [-0.3, -0.25) is 0 Å². The summed E-state index contributed by atoms with van der Waals surface area (Å²) in [6.07, 6.45) is 2.20. The molecule has 1 aromatic carbocycles. The summed E-state index contributed by atoms with van der Waals surface area (Å²) in [5, 5.41) is 0. The van der Waals surface area contributed by atoms with Crippen molar-refractivity contribution in [3.63, 3.8) is 0 Å². The molecule has 1 rings (SSSR count). The quantitative estimate of drug-likeness (QED) is 0.801. The van der Waals surface area contributed by atoms with Crippen molar-refractivity contribution in [2.45, 2.75) is 33.6 Å². The first-order valence-corrected chi connectivity index (χ1v) is 6.09. The van der Waals surface area contributed by atoms with E-state index in [4.69, 9.17) is 10.5 Å². The van der Waals surface area contributed by atoms with Crippen LogP contribution in [0.2, 0.25) is 0 Å². The van der Waals surface area contributed by atoms with Crippen molar-refractivity contribution >= 4 is 0 Å². The lowest BCUT2D eigenvalue weighted by molar-refractivity contribution is 0.340. The summed E-state index contributed by atoms with van der Waals surface area (Å²) < 4.78 is 5.47. The Bertz CT molecular complexity index is 323. The summed E-state index contributed by atoms with van der Waals surface area (Å²) in [5.74, 6) is 1.62. The lowest BCUT2D eigenvalue weighted by Gasteiger charge is -2.13. The second kappa shape index (κ2) is 6.54.